The van der Waals surface area contributed by atoms with Gasteiger partial charge in [0.25, 0.3) is 5.91 Å². The van der Waals surface area contributed by atoms with E-state index in [4.69, 9.17) is 0 Å². The first-order chi connectivity index (χ1) is 10.7. The molecule has 2 aromatic rings. The van der Waals surface area contributed by atoms with Crippen LogP contribution in [0, 0.1) is 11.6 Å². The molecule has 0 aliphatic heterocycles. The van der Waals surface area contributed by atoms with Crippen LogP contribution in [0.25, 0.3) is 0 Å². The van der Waals surface area contributed by atoms with Crippen LogP contribution in [0.1, 0.15) is 34.5 Å². The normalized spacial score (nSPS) is 12.8. The van der Waals surface area contributed by atoms with E-state index in [-0.39, 0.29) is 11.1 Å². The standard InChI is InChI=1S/C16H12F5NO/c1-9(13-7-6-12(17)8-14(13)18)22-15(23)10-2-4-11(5-3-10)16(19,20)21/h2-9H,1H3,(H,22,23)/t9-/m1/s1. The molecule has 0 saturated carbocycles. The van der Waals surface area contributed by atoms with Crippen LogP contribution in [0.2, 0.25) is 0 Å². The Bertz CT molecular complexity index is 709. The summed E-state index contributed by atoms with van der Waals surface area (Å²) in [7, 11) is 0. The van der Waals surface area contributed by atoms with E-state index in [0.29, 0.717) is 6.07 Å². The average Bonchev–Trinajstić information content (AvgIpc) is 2.46. The van der Waals surface area contributed by atoms with Crippen LogP contribution in [0.15, 0.2) is 42.5 Å². The zero-order chi connectivity index (χ0) is 17.2. The van der Waals surface area contributed by atoms with Crippen LogP contribution in [-0.4, -0.2) is 5.91 Å². The van der Waals surface area contributed by atoms with Gasteiger partial charge in [-0.15, -0.1) is 0 Å². The molecule has 23 heavy (non-hydrogen) atoms. The molecule has 0 saturated heterocycles. The molecule has 0 unspecified atom stereocenters. The summed E-state index contributed by atoms with van der Waals surface area (Å²) in [5, 5.41) is 2.45. The van der Waals surface area contributed by atoms with Crippen molar-refractivity contribution < 1.29 is 26.7 Å². The number of hydrogen-bond donors (Lipinski definition) is 1. The van der Waals surface area contributed by atoms with Gasteiger partial charge in [0.15, 0.2) is 0 Å². The molecule has 7 heteroatoms. The number of amides is 1. The number of carbonyl (C=O) groups is 1. The monoisotopic (exact) mass is 329 g/mol. The Morgan fingerprint density at radius 3 is 2.17 bits per heavy atom. The molecule has 1 amide bonds. The van der Waals surface area contributed by atoms with Crippen molar-refractivity contribution in [2.24, 2.45) is 0 Å². The summed E-state index contributed by atoms with van der Waals surface area (Å²) in [6.07, 6.45) is -4.49. The van der Waals surface area contributed by atoms with Crippen LogP contribution in [0.4, 0.5) is 22.0 Å². The van der Waals surface area contributed by atoms with Gasteiger partial charge >= 0.3 is 6.18 Å². The average molecular weight is 329 g/mol. The fourth-order valence-corrected chi connectivity index (χ4v) is 2.02. The minimum atomic E-state index is -4.49. The second kappa shape index (κ2) is 6.36. The number of rotatable bonds is 3. The zero-order valence-corrected chi connectivity index (χ0v) is 11.9. The van der Waals surface area contributed by atoms with Gasteiger partial charge in [0.1, 0.15) is 11.6 Å². The molecule has 2 nitrogen and oxygen atoms in total. The summed E-state index contributed by atoms with van der Waals surface area (Å²) in [6, 6.07) is 5.82. The van der Waals surface area contributed by atoms with Gasteiger partial charge in [-0.3, -0.25) is 4.79 Å². The molecule has 1 atom stereocenters. The molecule has 0 radical (unpaired) electrons. The van der Waals surface area contributed by atoms with E-state index in [1.54, 1.807) is 0 Å². The van der Waals surface area contributed by atoms with Gasteiger partial charge < -0.3 is 5.32 Å². The second-order valence-electron chi connectivity index (χ2n) is 4.94. The smallest absolute Gasteiger partial charge is 0.345 e. The highest BCUT2D eigenvalue weighted by atomic mass is 19.4. The Labute approximate surface area is 128 Å². The Morgan fingerprint density at radius 2 is 1.65 bits per heavy atom. The summed E-state index contributed by atoms with van der Waals surface area (Å²) >= 11 is 0. The van der Waals surface area contributed by atoms with Crippen LogP contribution in [0.3, 0.4) is 0 Å². The largest absolute Gasteiger partial charge is 0.416 e. The van der Waals surface area contributed by atoms with Gasteiger partial charge in [-0.05, 0) is 37.3 Å². The molecule has 0 aromatic heterocycles. The highest BCUT2D eigenvalue weighted by Crippen LogP contribution is 2.29. The maximum absolute atomic E-state index is 13.6. The van der Waals surface area contributed by atoms with Crippen molar-refractivity contribution in [2.45, 2.75) is 19.1 Å². The lowest BCUT2D eigenvalue weighted by molar-refractivity contribution is -0.137. The number of benzene rings is 2. The van der Waals surface area contributed by atoms with Crippen molar-refractivity contribution in [1.82, 2.24) is 5.32 Å². The third kappa shape index (κ3) is 4.06. The molecule has 2 rings (SSSR count). The molecule has 0 aliphatic rings. The maximum atomic E-state index is 13.6. The predicted octanol–water partition coefficient (Wildman–Crippen LogP) is 4.47. The number of alkyl halides is 3. The van der Waals surface area contributed by atoms with Crippen molar-refractivity contribution in [3.63, 3.8) is 0 Å². The van der Waals surface area contributed by atoms with Gasteiger partial charge in [0, 0.05) is 17.2 Å². The number of halogens is 5. The van der Waals surface area contributed by atoms with Crippen LogP contribution >= 0.6 is 0 Å². The van der Waals surface area contributed by atoms with Crippen LogP contribution < -0.4 is 5.32 Å². The van der Waals surface area contributed by atoms with Gasteiger partial charge in [-0.1, -0.05) is 6.07 Å². The van der Waals surface area contributed by atoms with Crippen LogP contribution in [0.5, 0.6) is 0 Å². The molecule has 122 valence electrons. The Morgan fingerprint density at radius 1 is 1.04 bits per heavy atom. The van der Waals surface area contributed by atoms with E-state index in [1.807, 2.05) is 0 Å². The molecule has 0 fully saturated rings. The third-order valence-electron chi connectivity index (χ3n) is 3.25. The first kappa shape index (κ1) is 16.9. The lowest BCUT2D eigenvalue weighted by atomic mass is 10.1. The molecule has 0 spiro atoms. The topological polar surface area (TPSA) is 29.1 Å². The van der Waals surface area contributed by atoms with E-state index >= 15 is 0 Å². The van der Waals surface area contributed by atoms with E-state index in [0.717, 1.165) is 30.3 Å². The number of carbonyl (C=O) groups excluding carboxylic acids is 1. The Kier molecular flexibility index (Phi) is 4.68. The van der Waals surface area contributed by atoms with E-state index < -0.39 is 35.3 Å². The lowest BCUT2D eigenvalue weighted by Gasteiger charge is -2.15. The van der Waals surface area contributed by atoms with Gasteiger partial charge in [-0.2, -0.15) is 13.2 Å². The fraction of sp³-hybridized carbons (Fsp3) is 0.188. The molecule has 0 heterocycles. The number of nitrogens with one attached hydrogen (secondary N) is 1. The van der Waals surface area contributed by atoms with Crippen molar-refractivity contribution in [3.8, 4) is 0 Å². The van der Waals surface area contributed by atoms with Gasteiger partial charge in [-0.25, -0.2) is 8.78 Å². The molecule has 0 aliphatic carbocycles. The van der Waals surface area contributed by atoms with Gasteiger partial charge in [0.2, 0.25) is 0 Å². The lowest BCUT2D eigenvalue weighted by Crippen LogP contribution is -2.27. The zero-order valence-electron chi connectivity index (χ0n) is 11.9. The first-order valence-corrected chi connectivity index (χ1v) is 6.61. The van der Waals surface area contributed by atoms with E-state index in [9.17, 15) is 26.7 Å². The summed E-state index contributed by atoms with van der Waals surface area (Å²) in [5.74, 6) is -2.22. The maximum Gasteiger partial charge on any atom is 0.416 e. The summed E-state index contributed by atoms with van der Waals surface area (Å²) in [6.45, 7) is 1.48. The van der Waals surface area contributed by atoms with Crippen molar-refractivity contribution in [3.05, 3.63) is 70.8 Å². The minimum absolute atomic E-state index is 0.00682. The van der Waals surface area contributed by atoms with Crippen molar-refractivity contribution in [1.29, 1.82) is 0 Å². The Hall–Kier alpha value is -2.44. The fourth-order valence-electron chi connectivity index (χ4n) is 2.02. The molecule has 2 aromatic carbocycles. The van der Waals surface area contributed by atoms with Crippen molar-refractivity contribution in [2.75, 3.05) is 0 Å². The summed E-state index contributed by atoms with van der Waals surface area (Å²) < 4.78 is 63.8. The SMILES string of the molecule is C[C@@H](NC(=O)c1ccc(C(F)(F)F)cc1)c1ccc(F)cc1F. The van der Waals surface area contributed by atoms with E-state index in [1.165, 1.54) is 13.0 Å². The van der Waals surface area contributed by atoms with E-state index in [2.05, 4.69) is 5.32 Å². The molecule has 0 bridgehead atoms. The molecule has 1 N–H and O–H groups in total. The summed E-state index contributed by atoms with van der Waals surface area (Å²) in [4.78, 5) is 12.0. The molecular formula is C16H12F5NO. The number of hydrogen-bond acceptors (Lipinski definition) is 1. The molecular weight excluding hydrogens is 317 g/mol. The highest BCUT2D eigenvalue weighted by Gasteiger charge is 2.30. The second-order valence-corrected chi connectivity index (χ2v) is 4.94. The third-order valence-corrected chi connectivity index (χ3v) is 3.25. The van der Waals surface area contributed by atoms with Gasteiger partial charge in [0.05, 0.1) is 11.6 Å². The first-order valence-electron chi connectivity index (χ1n) is 6.61. The van der Waals surface area contributed by atoms with Crippen LogP contribution in [-0.2, 0) is 6.18 Å². The predicted molar refractivity (Wildman–Crippen MR) is 73.7 cm³/mol. The summed E-state index contributed by atoms with van der Waals surface area (Å²) in [5.41, 5.74) is -0.786. The quantitative estimate of drug-likeness (QED) is 0.827. The highest BCUT2D eigenvalue weighted by molar-refractivity contribution is 5.94. The van der Waals surface area contributed by atoms with Crippen molar-refractivity contribution >= 4 is 5.91 Å². The Balaban J connectivity index is 2.12. The minimum Gasteiger partial charge on any atom is -0.345 e.